The molecule has 1 fully saturated rings. The molecule has 3 N–H and O–H groups in total. The lowest BCUT2D eigenvalue weighted by molar-refractivity contribution is -0.138. The van der Waals surface area contributed by atoms with Gasteiger partial charge in [-0.25, -0.2) is 0 Å². The second-order valence-electron chi connectivity index (χ2n) is 4.73. The van der Waals surface area contributed by atoms with Gasteiger partial charge in [-0.05, 0) is 24.1 Å². The van der Waals surface area contributed by atoms with Gasteiger partial charge < -0.3 is 20.3 Å². The quantitative estimate of drug-likeness (QED) is 0.836. The number of carboxylic acid groups (broad SMARTS) is 1. The molecule has 104 valence electrons. The van der Waals surface area contributed by atoms with Crippen LogP contribution in [0.1, 0.15) is 18.4 Å². The van der Waals surface area contributed by atoms with E-state index in [2.05, 4.69) is 0 Å². The number of benzene rings is 1. The molecule has 5 nitrogen and oxygen atoms in total. The van der Waals surface area contributed by atoms with Gasteiger partial charge in [0.25, 0.3) is 0 Å². The predicted octanol–water partition coefficient (Wildman–Crippen LogP) is 1.20. The summed E-state index contributed by atoms with van der Waals surface area (Å²) in [5, 5.41) is 8.80. The molecular weight excluding hydrogens is 246 g/mol. The van der Waals surface area contributed by atoms with Crippen LogP contribution in [0.3, 0.4) is 0 Å². The summed E-state index contributed by atoms with van der Waals surface area (Å²) in [6, 6.07) is 6.58. The van der Waals surface area contributed by atoms with Crippen molar-refractivity contribution in [1.29, 1.82) is 0 Å². The van der Waals surface area contributed by atoms with Gasteiger partial charge in [0.15, 0.2) is 0 Å². The van der Waals surface area contributed by atoms with E-state index in [9.17, 15) is 4.79 Å². The molecule has 0 aliphatic carbocycles. The first-order valence-electron chi connectivity index (χ1n) is 6.47. The van der Waals surface area contributed by atoms with Crippen molar-refractivity contribution in [3.63, 3.8) is 0 Å². The number of ether oxygens (including phenoxy) is 2. The third-order valence-corrected chi connectivity index (χ3v) is 3.14. The zero-order valence-electron chi connectivity index (χ0n) is 10.7. The summed E-state index contributed by atoms with van der Waals surface area (Å²) >= 11 is 0. The molecule has 1 aliphatic heterocycles. The fraction of sp³-hybridized carbons (Fsp3) is 0.500. The number of carbonyl (C=O) groups is 1. The van der Waals surface area contributed by atoms with E-state index >= 15 is 0 Å². The summed E-state index contributed by atoms with van der Waals surface area (Å²) in [6.45, 7) is 1.46. The van der Waals surface area contributed by atoms with E-state index in [0.29, 0.717) is 6.42 Å². The summed E-state index contributed by atoms with van der Waals surface area (Å²) in [7, 11) is 0. The maximum absolute atomic E-state index is 10.7. The molecule has 5 heteroatoms. The molecular formula is C14H19NO4. The molecule has 1 unspecified atom stereocenters. The van der Waals surface area contributed by atoms with Crippen LogP contribution < -0.4 is 10.5 Å². The Morgan fingerprint density at radius 1 is 1.47 bits per heavy atom. The second-order valence-corrected chi connectivity index (χ2v) is 4.73. The zero-order chi connectivity index (χ0) is 13.7. The molecule has 1 aromatic carbocycles. The molecule has 19 heavy (non-hydrogen) atoms. The second kappa shape index (κ2) is 6.54. The van der Waals surface area contributed by atoms with Crippen molar-refractivity contribution in [2.75, 3.05) is 13.2 Å². The van der Waals surface area contributed by atoms with Crippen LogP contribution in [0.5, 0.6) is 5.75 Å². The lowest BCUT2D eigenvalue weighted by Crippen LogP contribution is -2.32. The van der Waals surface area contributed by atoms with Gasteiger partial charge in [0, 0.05) is 12.8 Å². The van der Waals surface area contributed by atoms with Crippen molar-refractivity contribution >= 4 is 5.97 Å². The fourth-order valence-corrected chi connectivity index (χ4v) is 2.07. The molecule has 1 heterocycles. The van der Waals surface area contributed by atoms with E-state index in [1.807, 2.05) is 24.3 Å². The maximum atomic E-state index is 10.7. The van der Waals surface area contributed by atoms with Crippen LogP contribution in [0.15, 0.2) is 24.3 Å². The molecule has 1 saturated heterocycles. The highest BCUT2D eigenvalue weighted by Crippen LogP contribution is 2.19. The standard InChI is InChI=1S/C14H19NO4/c15-13(14(16)17)9-10-2-1-3-12(8-10)19-11-4-6-18-7-5-11/h1-3,8,11,13H,4-7,9,15H2,(H,16,17). The van der Waals surface area contributed by atoms with Gasteiger partial charge in [-0.3, -0.25) is 4.79 Å². The molecule has 1 aromatic rings. The van der Waals surface area contributed by atoms with Gasteiger partial charge in [-0.15, -0.1) is 0 Å². The van der Waals surface area contributed by atoms with Crippen LogP contribution in [-0.4, -0.2) is 36.4 Å². The predicted molar refractivity (Wildman–Crippen MR) is 70.2 cm³/mol. The number of hydrogen-bond donors (Lipinski definition) is 2. The van der Waals surface area contributed by atoms with Crippen LogP contribution in [0, 0.1) is 0 Å². The van der Waals surface area contributed by atoms with Crippen molar-refractivity contribution in [3.05, 3.63) is 29.8 Å². The normalized spacial score (nSPS) is 17.9. The number of aliphatic carboxylic acids is 1. The highest BCUT2D eigenvalue weighted by atomic mass is 16.5. The Labute approximate surface area is 112 Å². The van der Waals surface area contributed by atoms with E-state index in [-0.39, 0.29) is 6.10 Å². The Kier molecular flexibility index (Phi) is 4.76. The van der Waals surface area contributed by atoms with E-state index in [1.54, 1.807) is 0 Å². The Morgan fingerprint density at radius 2 is 2.21 bits per heavy atom. The highest BCUT2D eigenvalue weighted by Gasteiger charge is 2.16. The minimum absolute atomic E-state index is 0.178. The fourth-order valence-electron chi connectivity index (χ4n) is 2.07. The van der Waals surface area contributed by atoms with Crippen molar-refractivity contribution in [1.82, 2.24) is 0 Å². The molecule has 1 atom stereocenters. The summed E-state index contributed by atoms with van der Waals surface area (Å²) in [6.07, 6.45) is 2.26. The number of nitrogens with two attached hydrogens (primary N) is 1. The minimum atomic E-state index is -0.990. The average molecular weight is 265 g/mol. The molecule has 0 radical (unpaired) electrons. The molecule has 2 rings (SSSR count). The van der Waals surface area contributed by atoms with Crippen LogP contribution in [-0.2, 0) is 16.0 Å². The first-order chi connectivity index (χ1) is 9.15. The Morgan fingerprint density at radius 3 is 2.89 bits per heavy atom. The van der Waals surface area contributed by atoms with Gasteiger partial charge in [-0.2, -0.15) is 0 Å². The first-order valence-corrected chi connectivity index (χ1v) is 6.47. The Bertz CT molecular complexity index is 429. The van der Waals surface area contributed by atoms with Crippen LogP contribution in [0.25, 0.3) is 0 Å². The summed E-state index contributed by atoms with van der Waals surface area (Å²) < 4.78 is 11.1. The van der Waals surface area contributed by atoms with E-state index in [4.69, 9.17) is 20.3 Å². The van der Waals surface area contributed by atoms with Gasteiger partial charge >= 0.3 is 5.97 Å². The van der Waals surface area contributed by atoms with Crippen LogP contribution >= 0.6 is 0 Å². The topological polar surface area (TPSA) is 81.8 Å². The van der Waals surface area contributed by atoms with Crippen LogP contribution in [0.4, 0.5) is 0 Å². The molecule has 0 saturated carbocycles. The SMILES string of the molecule is NC(Cc1cccc(OC2CCOCC2)c1)C(=O)O. The van der Waals surface area contributed by atoms with Crippen molar-refractivity contribution in [2.45, 2.75) is 31.4 Å². The maximum Gasteiger partial charge on any atom is 0.320 e. The zero-order valence-corrected chi connectivity index (χ0v) is 10.7. The van der Waals surface area contributed by atoms with E-state index in [1.165, 1.54) is 0 Å². The van der Waals surface area contributed by atoms with Gasteiger partial charge in [-0.1, -0.05) is 12.1 Å². The summed E-state index contributed by atoms with van der Waals surface area (Å²) in [4.78, 5) is 10.7. The lowest BCUT2D eigenvalue weighted by Gasteiger charge is -2.23. The van der Waals surface area contributed by atoms with Crippen molar-refractivity contribution < 1.29 is 19.4 Å². The van der Waals surface area contributed by atoms with Gasteiger partial charge in [0.05, 0.1) is 13.2 Å². The smallest absolute Gasteiger partial charge is 0.320 e. The van der Waals surface area contributed by atoms with E-state index < -0.39 is 12.0 Å². The molecule has 1 aliphatic rings. The average Bonchev–Trinajstić information content (AvgIpc) is 2.40. The minimum Gasteiger partial charge on any atom is -0.490 e. The number of hydrogen-bond acceptors (Lipinski definition) is 4. The third-order valence-electron chi connectivity index (χ3n) is 3.14. The van der Waals surface area contributed by atoms with Crippen molar-refractivity contribution in [3.8, 4) is 5.75 Å². The van der Waals surface area contributed by atoms with E-state index in [0.717, 1.165) is 37.4 Å². The third kappa shape index (κ3) is 4.22. The highest BCUT2D eigenvalue weighted by molar-refractivity contribution is 5.73. The summed E-state index contributed by atoms with van der Waals surface area (Å²) in [5.74, 6) is -0.224. The largest absolute Gasteiger partial charge is 0.490 e. The van der Waals surface area contributed by atoms with Crippen molar-refractivity contribution in [2.24, 2.45) is 5.73 Å². The van der Waals surface area contributed by atoms with Gasteiger partial charge in [0.1, 0.15) is 17.9 Å². The Hall–Kier alpha value is -1.59. The Balaban J connectivity index is 1.96. The molecule has 0 spiro atoms. The number of rotatable bonds is 5. The molecule has 0 aromatic heterocycles. The molecule has 0 amide bonds. The monoisotopic (exact) mass is 265 g/mol. The lowest BCUT2D eigenvalue weighted by atomic mass is 10.1. The molecule has 0 bridgehead atoms. The number of carboxylic acids is 1. The first kappa shape index (κ1) is 13.8. The van der Waals surface area contributed by atoms with Crippen LogP contribution in [0.2, 0.25) is 0 Å². The summed E-state index contributed by atoms with van der Waals surface area (Å²) in [5.41, 5.74) is 6.40. The van der Waals surface area contributed by atoms with Gasteiger partial charge in [0.2, 0.25) is 0 Å².